The molecule has 26 heavy (non-hydrogen) atoms. The van der Waals surface area contributed by atoms with E-state index >= 15 is 0 Å². The van der Waals surface area contributed by atoms with Gasteiger partial charge in [-0.25, -0.2) is 4.39 Å². The minimum atomic E-state index is -1.11. The summed E-state index contributed by atoms with van der Waals surface area (Å²) in [5, 5.41) is 4.86. The maximum Gasteiger partial charge on any atom is 0.305 e. The molecule has 1 rings (SSSR count). The number of primary amides is 1. The number of carbonyl (C=O) groups is 4. The average Bonchev–Trinajstić information content (AvgIpc) is 2.56. The van der Waals surface area contributed by atoms with Crippen molar-refractivity contribution < 1.29 is 28.3 Å². The molecule has 0 spiro atoms. The normalized spacial score (nSPS) is 12.6. The summed E-state index contributed by atoms with van der Waals surface area (Å²) in [7, 11) is 1.20. The first-order chi connectivity index (χ1) is 12.2. The number of carbonyl (C=O) groups excluding carboxylic acids is 4. The first kappa shape index (κ1) is 21.1. The molecule has 0 saturated carbocycles. The van der Waals surface area contributed by atoms with Crippen molar-refractivity contribution in [3.63, 3.8) is 0 Å². The molecule has 1 aromatic carbocycles. The van der Waals surface area contributed by atoms with Crippen molar-refractivity contribution in [2.24, 2.45) is 5.73 Å². The molecule has 2 atom stereocenters. The highest BCUT2D eigenvalue weighted by atomic mass is 19.1. The molecule has 0 bridgehead atoms. The Morgan fingerprint density at radius 3 is 2.42 bits per heavy atom. The monoisotopic (exact) mass is 367 g/mol. The van der Waals surface area contributed by atoms with Gasteiger partial charge in [0.15, 0.2) is 0 Å². The minimum absolute atomic E-state index is 0.0195. The largest absolute Gasteiger partial charge is 0.469 e. The number of esters is 1. The fraction of sp³-hybridized carbons (Fsp3) is 0.412. The van der Waals surface area contributed by atoms with E-state index in [-0.39, 0.29) is 19.3 Å². The van der Waals surface area contributed by atoms with Crippen molar-refractivity contribution in [1.82, 2.24) is 10.6 Å². The lowest BCUT2D eigenvalue weighted by molar-refractivity contribution is -0.141. The molecule has 142 valence electrons. The van der Waals surface area contributed by atoms with Gasteiger partial charge in [0.05, 0.1) is 7.11 Å². The van der Waals surface area contributed by atoms with Crippen molar-refractivity contribution in [1.29, 1.82) is 0 Å². The fourth-order valence-corrected chi connectivity index (χ4v) is 2.28. The second-order valence-corrected chi connectivity index (χ2v) is 5.67. The Morgan fingerprint density at radius 1 is 1.19 bits per heavy atom. The van der Waals surface area contributed by atoms with E-state index in [1.165, 1.54) is 32.2 Å². The van der Waals surface area contributed by atoms with Crippen LogP contribution in [0.4, 0.5) is 4.39 Å². The number of halogens is 1. The third-order valence-corrected chi connectivity index (χ3v) is 3.55. The molecular weight excluding hydrogens is 345 g/mol. The molecule has 0 aliphatic heterocycles. The highest BCUT2D eigenvalue weighted by molar-refractivity contribution is 5.91. The Hall–Kier alpha value is -2.97. The zero-order valence-corrected chi connectivity index (χ0v) is 14.6. The fourth-order valence-electron chi connectivity index (χ4n) is 2.28. The van der Waals surface area contributed by atoms with Crippen LogP contribution < -0.4 is 16.4 Å². The number of methoxy groups -OCH3 is 1. The van der Waals surface area contributed by atoms with E-state index < -0.39 is 41.6 Å². The molecule has 3 amide bonds. The molecule has 0 radical (unpaired) electrons. The Labute approximate surface area is 150 Å². The Kier molecular flexibility index (Phi) is 8.20. The maximum atomic E-state index is 13.3. The number of hydrogen-bond donors (Lipinski definition) is 3. The van der Waals surface area contributed by atoms with Crippen LogP contribution in [0.15, 0.2) is 24.3 Å². The molecule has 4 N–H and O–H groups in total. The molecule has 0 heterocycles. The summed E-state index contributed by atoms with van der Waals surface area (Å²) < 4.78 is 17.8. The standard InChI is InChI=1S/C17H22FN3O5/c1-10(22)20-14(9-11-4-3-5-12(18)8-11)17(25)21-13(16(19)24)6-7-15(23)26-2/h3-5,8,13-14H,6-7,9H2,1-2H3,(H2,19,24)(H,20,22)(H,21,25)/t13-,14-/m1/s1. The van der Waals surface area contributed by atoms with E-state index in [2.05, 4.69) is 15.4 Å². The minimum Gasteiger partial charge on any atom is -0.469 e. The van der Waals surface area contributed by atoms with Crippen LogP contribution in [-0.4, -0.2) is 42.9 Å². The zero-order valence-electron chi connectivity index (χ0n) is 14.6. The van der Waals surface area contributed by atoms with Gasteiger partial charge in [-0.1, -0.05) is 12.1 Å². The number of ether oxygens (including phenoxy) is 1. The van der Waals surface area contributed by atoms with Crippen molar-refractivity contribution >= 4 is 23.7 Å². The van der Waals surface area contributed by atoms with Gasteiger partial charge in [-0.3, -0.25) is 19.2 Å². The zero-order chi connectivity index (χ0) is 19.7. The molecule has 0 unspecified atom stereocenters. The number of nitrogens with two attached hydrogens (primary N) is 1. The van der Waals surface area contributed by atoms with E-state index in [9.17, 15) is 23.6 Å². The van der Waals surface area contributed by atoms with E-state index in [1.807, 2.05) is 0 Å². The van der Waals surface area contributed by atoms with Crippen LogP contribution in [0.1, 0.15) is 25.3 Å². The van der Waals surface area contributed by atoms with E-state index in [4.69, 9.17) is 5.73 Å². The van der Waals surface area contributed by atoms with Gasteiger partial charge in [0.1, 0.15) is 17.9 Å². The van der Waals surface area contributed by atoms with Gasteiger partial charge in [-0.15, -0.1) is 0 Å². The summed E-state index contributed by atoms with van der Waals surface area (Å²) in [6.07, 6.45) is -0.134. The summed E-state index contributed by atoms with van der Waals surface area (Å²) in [4.78, 5) is 46.5. The van der Waals surface area contributed by atoms with Gasteiger partial charge >= 0.3 is 5.97 Å². The lowest BCUT2D eigenvalue weighted by atomic mass is 10.0. The van der Waals surface area contributed by atoms with Crippen LogP contribution in [0, 0.1) is 5.82 Å². The van der Waals surface area contributed by atoms with Crippen LogP contribution in [-0.2, 0) is 30.3 Å². The second kappa shape index (κ2) is 10.1. The number of nitrogens with one attached hydrogen (secondary N) is 2. The Bertz CT molecular complexity index is 680. The summed E-state index contributed by atoms with van der Waals surface area (Å²) >= 11 is 0. The van der Waals surface area contributed by atoms with E-state index in [1.54, 1.807) is 6.07 Å². The number of hydrogen-bond acceptors (Lipinski definition) is 5. The van der Waals surface area contributed by atoms with Crippen LogP contribution in [0.3, 0.4) is 0 Å². The van der Waals surface area contributed by atoms with Crippen molar-refractivity contribution in [3.05, 3.63) is 35.6 Å². The van der Waals surface area contributed by atoms with Gasteiger partial charge < -0.3 is 21.1 Å². The highest BCUT2D eigenvalue weighted by Gasteiger charge is 2.25. The van der Waals surface area contributed by atoms with Gasteiger partial charge in [0.25, 0.3) is 0 Å². The Morgan fingerprint density at radius 2 is 1.88 bits per heavy atom. The lowest BCUT2D eigenvalue weighted by Crippen LogP contribution is -2.53. The smallest absolute Gasteiger partial charge is 0.305 e. The highest BCUT2D eigenvalue weighted by Crippen LogP contribution is 2.08. The van der Waals surface area contributed by atoms with Crippen LogP contribution in [0.2, 0.25) is 0 Å². The summed E-state index contributed by atoms with van der Waals surface area (Å²) in [6.45, 7) is 1.23. The molecule has 9 heteroatoms. The van der Waals surface area contributed by atoms with E-state index in [0.29, 0.717) is 5.56 Å². The van der Waals surface area contributed by atoms with Gasteiger partial charge in [0, 0.05) is 19.8 Å². The number of benzene rings is 1. The summed E-state index contributed by atoms with van der Waals surface area (Å²) in [5.41, 5.74) is 5.73. The summed E-state index contributed by atoms with van der Waals surface area (Å²) in [5.74, 6) is -2.99. The van der Waals surface area contributed by atoms with E-state index in [0.717, 1.165) is 0 Å². The predicted octanol–water partition coefficient (Wildman–Crippen LogP) is -0.204. The molecule has 1 aromatic rings. The quantitative estimate of drug-likeness (QED) is 0.521. The van der Waals surface area contributed by atoms with Gasteiger partial charge in [-0.05, 0) is 24.1 Å². The first-order valence-electron chi connectivity index (χ1n) is 7.91. The van der Waals surface area contributed by atoms with Gasteiger partial charge in [0.2, 0.25) is 17.7 Å². The molecule has 0 fully saturated rings. The number of rotatable bonds is 9. The van der Waals surface area contributed by atoms with Crippen LogP contribution in [0.5, 0.6) is 0 Å². The molecular formula is C17H22FN3O5. The topological polar surface area (TPSA) is 128 Å². The molecule has 0 aliphatic carbocycles. The first-order valence-corrected chi connectivity index (χ1v) is 7.91. The van der Waals surface area contributed by atoms with Crippen molar-refractivity contribution in [2.45, 2.75) is 38.3 Å². The molecule has 0 aliphatic rings. The molecule has 0 aromatic heterocycles. The molecule has 0 saturated heterocycles. The molecule has 8 nitrogen and oxygen atoms in total. The van der Waals surface area contributed by atoms with Gasteiger partial charge in [-0.2, -0.15) is 0 Å². The lowest BCUT2D eigenvalue weighted by Gasteiger charge is -2.21. The SMILES string of the molecule is COC(=O)CC[C@@H](NC(=O)[C@@H](Cc1cccc(F)c1)NC(C)=O)C(N)=O. The Balaban J connectivity index is 2.83. The number of amides is 3. The van der Waals surface area contributed by atoms with Crippen LogP contribution >= 0.6 is 0 Å². The summed E-state index contributed by atoms with van der Waals surface area (Å²) in [6, 6.07) is 3.45. The third kappa shape index (κ3) is 7.29. The average molecular weight is 367 g/mol. The second-order valence-electron chi connectivity index (χ2n) is 5.67. The van der Waals surface area contributed by atoms with Crippen molar-refractivity contribution in [2.75, 3.05) is 7.11 Å². The third-order valence-electron chi connectivity index (χ3n) is 3.55. The van der Waals surface area contributed by atoms with Crippen LogP contribution in [0.25, 0.3) is 0 Å². The predicted molar refractivity (Wildman–Crippen MR) is 90.1 cm³/mol. The van der Waals surface area contributed by atoms with Crippen molar-refractivity contribution in [3.8, 4) is 0 Å². The maximum absolute atomic E-state index is 13.3.